The lowest BCUT2D eigenvalue weighted by atomic mass is 9.99. The van der Waals surface area contributed by atoms with Crippen LogP contribution in [0.1, 0.15) is 17.2 Å². The molecule has 0 aromatic heterocycles. The summed E-state index contributed by atoms with van der Waals surface area (Å²) >= 11 is 3.09. The van der Waals surface area contributed by atoms with Gasteiger partial charge in [0.2, 0.25) is 0 Å². The van der Waals surface area contributed by atoms with Gasteiger partial charge in [-0.05, 0) is 45.3 Å². The van der Waals surface area contributed by atoms with E-state index in [4.69, 9.17) is 5.73 Å². The highest BCUT2D eigenvalue weighted by atomic mass is 79.9. The molecule has 0 spiro atoms. The summed E-state index contributed by atoms with van der Waals surface area (Å²) in [6, 6.07) is 7.07. The summed E-state index contributed by atoms with van der Waals surface area (Å²) in [5, 5.41) is 0. The highest BCUT2D eigenvalue weighted by Gasteiger charge is 2.16. The number of halogens is 4. The van der Waals surface area contributed by atoms with Gasteiger partial charge in [0.15, 0.2) is 11.6 Å². The van der Waals surface area contributed by atoms with Gasteiger partial charge in [0.05, 0.1) is 10.5 Å². The number of rotatable bonds is 2. The Hall–Kier alpha value is -1.33. The standard InChI is InChI=1S/C13H9BrF3N/c14-12-8(2-1-3-10(12)16)13(18)7-4-5-9(15)11(17)6-7/h1-6,13H,18H2. The van der Waals surface area contributed by atoms with Crippen molar-refractivity contribution in [2.45, 2.75) is 6.04 Å². The van der Waals surface area contributed by atoms with Gasteiger partial charge >= 0.3 is 0 Å². The normalized spacial score (nSPS) is 12.5. The average Bonchev–Trinajstić information content (AvgIpc) is 2.35. The molecule has 2 rings (SSSR count). The minimum atomic E-state index is -0.976. The molecule has 0 heterocycles. The quantitative estimate of drug-likeness (QED) is 0.893. The van der Waals surface area contributed by atoms with Gasteiger partial charge in [0.25, 0.3) is 0 Å². The second-order valence-electron chi connectivity index (χ2n) is 3.79. The Bertz CT molecular complexity index is 586. The van der Waals surface area contributed by atoms with E-state index in [1.165, 1.54) is 18.2 Å². The summed E-state index contributed by atoms with van der Waals surface area (Å²) in [5.41, 5.74) is 6.77. The van der Waals surface area contributed by atoms with Crippen LogP contribution in [0.15, 0.2) is 40.9 Å². The second-order valence-corrected chi connectivity index (χ2v) is 4.59. The molecule has 0 aliphatic heterocycles. The van der Waals surface area contributed by atoms with E-state index in [1.54, 1.807) is 6.07 Å². The van der Waals surface area contributed by atoms with Gasteiger partial charge in [-0.15, -0.1) is 0 Å². The Balaban J connectivity index is 2.44. The van der Waals surface area contributed by atoms with Crippen molar-refractivity contribution in [3.63, 3.8) is 0 Å². The van der Waals surface area contributed by atoms with Crippen molar-refractivity contribution in [2.24, 2.45) is 5.73 Å². The van der Waals surface area contributed by atoms with Crippen LogP contribution in [0.4, 0.5) is 13.2 Å². The van der Waals surface area contributed by atoms with Crippen LogP contribution in [0.25, 0.3) is 0 Å². The van der Waals surface area contributed by atoms with E-state index in [9.17, 15) is 13.2 Å². The first kappa shape index (κ1) is 13.1. The minimum absolute atomic E-state index is 0.224. The summed E-state index contributed by atoms with van der Waals surface area (Å²) in [5.74, 6) is -2.37. The molecule has 0 radical (unpaired) electrons. The molecule has 5 heteroatoms. The van der Waals surface area contributed by atoms with E-state index in [0.29, 0.717) is 11.1 Å². The molecule has 0 bridgehead atoms. The zero-order chi connectivity index (χ0) is 13.3. The van der Waals surface area contributed by atoms with Gasteiger partial charge in [0.1, 0.15) is 5.82 Å². The molecule has 2 aromatic carbocycles. The average molecular weight is 316 g/mol. The van der Waals surface area contributed by atoms with Gasteiger partial charge in [-0.2, -0.15) is 0 Å². The minimum Gasteiger partial charge on any atom is -0.320 e. The maximum absolute atomic E-state index is 13.4. The smallest absolute Gasteiger partial charge is 0.159 e. The number of benzene rings is 2. The topological polar surface area (TPSA) is 26.0 Å². The maximum atomic E-state index is 13.4. The van der Waals surface area contributed by atoms with Crippen molar-refractivity contribution in [3.8, 4) is 0 Å². The highest BCUT2D eigenvalue weighted by Crippen LogP contribution is 2.29. The molecule has 18 heavy (non-hydrogen) atoms. The second kappa shape index (κ2) is 5.12. The largest absolute Gasteiger partial charge is 0.320 e. The Morgan fingerprint density at radius 3 is 2.33 bits per heavy atom. The number of hydrogen-bond donors (Lipinski definition) is 1. The van der Waals surface area contributed by atoms with Crippen molar-refractivity contribution >= 4 is 15.9 Å². The van der Waals surface area contributed by atoms with Crippen molar-refractivity contribution in [1.29, 1.82) is 0 Å². The molecule has 0 fully saturated rings. The summed E-state index contributed by atoms with van der Waals surface area (Å²) in [6.45, 7) is 0. The lowest BCUT2D eigenvalue weighted by Gasteiger charge is -2.15. The van der Waals surface area contributed by atoms with Gasteiger partial charge < -0.3 is 5.73 Å². The fourth-order valence-electron chi connectivity index (χ4n) is 1.65. The first-order valence-electron chi connectivity index (χ1n) is 5.15. The van der Waals surface area contributed by atoms with Crippen molar-refractivity contribution in [3.05, 3.63) is 69.4 Å². The molecule has 2 N–H and O–H groups in total. The molecule has 2 aromatic rings. The lowest BCUT2D eigenvalue weighted by molar-refractivity contribution is 0.506. The fraction of sp³-hybridized carbons (Fsp3) is 0.0769. The van der Waals surface area contributed by atoms with Gasteiger partial charge in [-0.3, -0.25) is 0 Å². The van der Waals surface area contributed by atoms with E-state index in [-0.39, 0.29) is 4.47 Å². The van der Waals surface area contributed by atoms with E-state index in [1.807, 2.05) is 0 Å². The summed E-state index contributed by atoms with van der Waals surface area (Å²) in [4.78, 5) is 0. The van der Waals surface area contributed by atoms with E-state index in [0.717, 1.165) is 12.1 Å². The van der Waals surface area contributed by atoms with Crippen molar-refractivity contribution in [1.82, 2.24) is 0 Å². The molecule has 1 atom stereocenters. The Labute approximate surface area is 111 Å². The van der Waals surface area contributed by atoms with Gasteiger partial charge in [0, 0.05) is 0 Å². The molecular weight excluding hydrogens is 307 g/mol. The molecule has 0 saturated heterocycles. The van der Waals surface area contributed by atoms with Crippen molar-refractivity contribution < 1.29 is 13.2 Å². The Kier molecular flexibility index (Phi) is 3.73. The first-order chi connectivity index (χ1) is 8.50. The number of hydrogen-bond acceptors (Lipinski definition) is 1. The Morgan fingerprint density at radius 2 is 1.67 bits per heavy atom. The zero-order valence-corrected chi connectivity index (χ0v) is 10.7. The summed E-state index contributed by atoms with van der Waals surface area (Å²) in [6.07, 6.45) is 0. The molecule has 94 valence electrons. The molecule has 0 aliphatic rings. The summed E-state index contributed by atoms with van der Waals surface area (Å²) in [7, 11) is 0. The third-order valence-electron chi connectivity index (χ3n) is 2.62. The van der Waals surface area contributed by atoms with Crippen LogP contribution in [0, 0.1) is 17.5 Å². The molecular formula is C13H9BrF3N. The van der Waals surface area contributed by atoms with Crippen LogP contribution in [-0.4, -0.2) is 0 Å². The first-order valence-corrected chi connectivity index (χ1v) is 5.94. The molecule has 0 aliphatic carbocycles. The summed E-state index contributed by atoms with van der Waals surface area (Å²) < 4.78 is 39.5. The van der Waals surface area contributed by atoms with Gasteiger partial charge in [-0.1, -0.05) is 18.2 Å². The van der Waals surface area contributed by atoms with Crippen LogP contribution >= 0.6 is 15.9 Å². The molecule has 1 unspecified atom stereocenters. The predicted octanol–water partition coefficient (Wildman–Crippen LogP) is 3.91. The number of nitrogens with two attached hydrogens (primary N) is 1. The third kappa shape index (κ3) is 2.42. The molecule has 1 nitrogen and oxygen atoms in total. The lowest BCUT2D eigenvalue weighted by Crippen LogP contribution is -2.13. The van der Waals surface area contributed by atoms with E-state index in [2.05, 4.69) is 15.9 Å². The molecule has 0 amide bonds. The van der Waals surface area contributed by atoms with Crippen LogP contribution in [-0.2, 0) is 0 Å². The fourth-order valence-corrected chi connectivity index (χ4v) is 2.16. The predicted molar refractivity (Wildman–Crippen MR) is 66.5 cm³/mol. The molecule has 0 saturated carbocycles. The highest BCUT2D eigenvalue weighted by molar-refractivity contribution is 9.10. The van der Waals surface area contributed by atoms with E-state index >= 15 is 0 Å². The van der Waals surface area contributed by atoms with Crippen LogP contribution in [0.5, 0.6) is 0 Å². The van der Waals surface area contributed by atoms with Crippen LogP contribution in [0.2, 0.25) is 0 Å². The third-order valence-corrected chi connectivity index (χ3v) is 3.46. The maximum Gasteiger partial charge on any atom is 0.159 e. The van der Waals surface area contributed by atoms with E-state index < -0.39 is 23.5 Å². The van der Waals surface area contributed by atoms with Gasteiger partial charge in [-0.25, -0.2) is 13.2 Å². The monoisotopic (exact) mass is 315 g/mol. The SMILES string of the molecule is NC(c1ccc(F)c(F)c1)c1cccc(F)c1Br. The van der Waals surface area contributed by atoms with Crippen molar-refractivity contribution in [2.75, 3.05) is 0 Å². The zero-order valence-electron chi connectivity index (χ0n) is 9.13. The Morgan fingerprint density at radius 1 is 0.944 bits per heavy atom. The van der Waals surface area contributed by atoms with Crippen LogP contribution < -0.4 is 5.73 Å². The van der Waals surface area contributed by atoms with Crippen LogP contribution in [0.3, 0.4) is 0 Å².